The normalized spacial score (nSPS) is 11.4. The van der Waals surface area contributed by atoms with Crippen LogP contribution in [0.3, 0.4) is 0 Å². The van der Waals surface area contributed by atoms with Crippen molar-refractivity contribution in [3.8, 4) is 0 Å². The smallest absolute Gasteiger partial charge is 0.306 e. The molecule has 0 amide bonds. The van der Waals surface area contributed by atoms with Crippen molar-refractivity contribution >= 4 is 11.9 Å². The third-order valence-electron chi connectivity index (χ3n) is 4.28. The van der Waals surface area contributed by atoms with Gasteiger partial charge in [0.1, 0.15) is 5.60 Å². The number of hydrogen-bond donors (Lipinski definition) is 1. The minimum Gasteiger partial charge on any atom is -0.481 e. The standard InChI is InChI=1S/C17H32O4/c1-4-17(5-2,6-3)21-16(20)14-12-10-8-7-9-11-13-15(18)19/h4-14H2,1-3H3,(H,18,19). The summed E-state index contributed by atoms with van der Waals surface area (Å²) in [7, 11) is 0. The van der Waals surface area contributed by atoms with E-state index in [1.165, 1.54) is 0 Å². The number of rotatable bonds is 13. The highest BCUT2D eigenvalue weighted by molar-refractivity contribution is 5.69. The summed E-state index contributed by atoms with van der Waals surface area (Å²) >= 11 is 0. The van der Waals surface area contributed by atoms with Crippen LogP contribution in [-0.4, -0.2) is 22.6 Å². The number of carboxylic acid groups (broad SMARTS) is 1. The maximum absolute atomic E-state index is 11.9. The Bertz CT molecular complexity index is 287. The molecule has 124 valence electrons. The second-order valence-corrected chi connectivity index (χ2v) is 5.73. The Morgan fingerprint density at radius 2 is 1.24 bits per heavy atom. The van der Waals surface area contributed by atoms with Crippen molar-refractivity contribution in [2.24, 2.45) is 0 Å². The van der Waals surface area contributed by atoms with Crippen molar-refractivity contribution in [3.05, 3.63) is 0 Å². The molecule has 0 radical (unpaired) electrons. The molecular formula is C17H32O4. The first kappa shape index (κ1) is 19.9. The fraction of sp³-hybridized carbons (Fsp3) is 0.882. The van der Waals surface area contributed by atoms with Gasteiger partial charge in [0.15, 0.2) is 0 Å². The van der Waals surface area contributed by atoms with Crippen molar-refractivity contribution in [1.82, 2.24) is 0 Å². The molecular weight excluding hydrogens is 268 g/mol. The zero-order valence-electron chi connectivity index (χ0n) is 14.0. The van der Waals surface area contributed by atoms with E-state index in [0.29, 0.717) is 6.42 Å². The zero-order chi connectivity index (χ0) is 16.1. The molecule has 0 aromatic rings. The lowest BCUT2D eigenvalue weighted by Crippen LogP contribution is -2.33. The predicted octanol–water partition coefficient (Wildman–Crippen LogP) is 4.70. The molecule has 0 aromatic carbocycles. The molecule has 0 heterocycles. The number of ether oxygens (including phenoxy) is 1. The van der Waals surface area contributed by atoms with Gasteiger partial charge < -0.3 is 9.84 Å². The molecule has 0 aliphatic rings. The molecule has 0 aromatic heterocycles. The number of carbonyl (C=O) groups is 2. The Morgan fingerprint density at radius 1 is 0.810 bits per heavy atom. The van der Waals surface area contributed by atoms with E-state index in [1.54, 1.807) is 0 Å². The fourth-order valence-corrected chi connectivity index (χ4v) is 2.51. The van der Waals surface area contributed by atoms with Crippen LogP contribution in [0.15, 0.2) is 0 Å². The highest BCUT2D eigenvalue weighted by Gasteiger charge is 2.27. The second kappa shape index (κ2) is 11.6. The van der Waals surface area contributed by atoms with Crippen LogP contribution in [0.25, 0.3) is 0 Å². The van der Waals surface area contributed by atoms with Crippen LogP contribution in [-0.2, 0) is 14.3 Å². The second-order valence-electron chi connectivity index (χ2n) is 5.73. The summed E-state index contributed by atoms with van der Waals surface area (Å²) in [6, 6.07) is 0. The summed E-state index contributed by atoms with van der Waals surface area (Å²) < 4.78 is 5.65. The van der Waals surface area contributed by atoms with Crippen molar-refractivity contribution in [3.63, 3.8) is 0 Å². The first-order valence-electron chi connectivity index (χ1n) is 8.43. The number of carboxylic acids is 1. The van der Waals surface area contributed by atoms with Gasteiger partial charge in [0, 0.05) is 12.8 Å². The summed E-state index contributed by atoms with van der Waals surface area (Å²) in [5.74, 6) is -0.796. The number of carbonyl (C=O) groups excluding carboxylic acids is 1. The molecule has 0 unspecified atom stereocenters. The highest BCUT2D eigenvalue weighted by atomic mass is 16.6. The summed E-state index contributed by atoms with van der Waals surface area (Å²) in [5, 5.41) is 8.52. The van der Waals surface area contributed by atoms with Gasteiger partial charge in [0.05, 0.1) is 0 Å². The average Bonchev–Trinajstić information content (AvgIpc) is 2.47. The van der Waals surface area contributed by atoms with Gasteiger partial charge in [0.2, 0.25) is 0 Å². The van der Waals surface area contributed by atoms with Gasteiger partial charge in [-0.2, -0.15) is 0 Å². The largest absolute Gasteiger partial charge is 0.481 e. The van der Waals surface area contributed by atoms with Crippen LogP contribution >= 0.6 is 0 Å². The van der Waals surface area contributed by atoms with Gasteiger partial charge in [-0.05, 0) is 32.1 Å². The Hall–Kier alpha value is -1.06. The zero-order valence-corrected chi connectivity index (χ0v) is 14.0. The van der Waals surface area contributed by atoms with E-state index < -0.39 is 5.97 Å². The summed E-state index contributed by atoms with van der Waals surface area (Å²) in [4.78, 5) is 22.2. The Balaban J connectivity index is 3.64. The first-order chi connectivity index (χ1) is 9.99. The van der Waals surface area contributed by atoms with Crippen LogP contribution < -0.4 is 0 Å². The third kappa shape index (κ3) is 9.48. The molecule has 21 heavy (non-hydrogen) atoms. The lowest BCUT2D eigenvalue weighted by molar-refractivity contribution is -0.161. The maximum atomic E-state index is 11.9. The van der Waals surface area contributed by atoms with E-state index >= 15 is 0 Å². The fourth-order valence-electron chi connectivity index (χ4n) is 2.51. The summed E-state index contributed by atoms with van der Waals surface area (Å²) in [6.07, 6.45) is 9.07. The molecule has 0 saturated heterocycles. The van der Waals surface area contributed by atoms with Gasteiger partial charge in [-0.1, -0.05) is 46.5 Å². The highest BCUT2D eigenvalue weighted by Crippen LogP contribution is 2.25. The molecule has 0 atom stereocenters. The molecule has 0 saturated carbocycles. The molecule has 0 bridgehead atoms. The average molecular weight is 300 g/mol. The van der Waals surface area contributed by atoms with E-state index in [4.69, 9.17) is 9.84 Å². The van der Waals surface area contributed by atoms with E-state index in [1.807, 2.05) is 0 Å². The van der Waals surface area contributed by atoms with E-state index in [-0.39, 0.29) is 18.0 Å². The monoisotopic (exact) mass is 300 g/mol. The van der Waals surface area contributed by atoms with Crippen LogP contribution in [0.5, 0.6) is 0 Å². The maximum Gasteiger partial charge on any atom is 0.306 e. The van der Waals surface area contributed by atoms with Crippen LogP contribution in [0, 0.1) is 0 Å². The van der Waals surface area contributed by atoms with Gasteiger partial charge in [-0.15, -0.1) is 0 Å². The Morgan fingerprint density at radius 3 is 1.67 bits per heavy atom. The summed E-state index contributed by atoms with van der Waals surface area (Å²) in [5.41, 5.74) is -0.270. The predicted molar refractivity (Wildman–Crippen MR) is 84.3 cm³/mol. The molecule has 1 N–H and O–H groups in total. The van der Waals surface area contributed by atoms with Gasteiger partial charge in [-0.25, -0.2) is 0 Å². The third-order valence-corrected chi connectivity index (χ3v) is 4.28. The first-order valence-corrected chi connectivity index (χ1v) is 8.43. The lowest BCUT2D eigenvalue weighted by Gasteiger charge is -2.30. The Labute approximate surface area is 129 Å². The van der Waals surface area contributed by atoms with Crippen molar-refractivity contribution in [2.45, 2.75) is 97.0 Å². The SMILES string of the molecule is CCC(CC)(CC)OC(=O)CCCCCCCCC(=O)O. The van der Waals surface area contributed by atoms with Gasteiger partial charge in [0.25, 0.3) is 0 Å². The lowest BCUT2D eigenvalue weighted by atomic mass is 9.94. The van der Waals surface area contributed by atoms with E-state index in [2.05, 4.69) is 20.8 Å². The van der Waals surface area contributed by atoms with Gasteiger partial charge >= 0.3 is 11.9 Å². The molecule has 0 rings (SSSR count). The molecule has 0 spiro atoms. The number of esters is 1. The summed E-state index contributed by atoms with van der Waals surface area (Å²) in [6.45, 7) is 6.20. The van der Waals surface area contributed by atoms with Gasteiger partial charge in [-0.3, -0.25) is 9.59 Å². The van der Waals surface area contributed by atoms with Crippen LogP contribution in [0.4, 0.5) is 0 Å². The molecule has 0 aliphatic carbocycles. The van der Waals surface area contributed by atoms with E-state index in [0.717, 1.165) is 57.8 Å². The number of aliphatic carboxylic acids is 1. The topological polar surface area (TPSA) is 63.6 Å². The van der Waals surface area contributed by atoms with E-state index in [9.17, 15) is 9.59 Å². The Kier molecular flexibility index (Phi) is 11.0. The van der Waals surface area contributed by atoms with Crippen molar-refractivity contribution < 1.29 is 19.4 Å². The number of hydrogen-bond acceptors (Lipinski definition) is 3. The van der Waals surface area contributed by atoms with Crippen molar-refractivity contribution in [2.75, 3.05) is 0 Å². The minimum atomic E-state index is -0.719. The quantitative estimate of drug-likeness (QED) is 0.395. The molecule has 4 nitrogen and oxygen atoms in total. The van der Waals surface area contributed by atoms with Crippen molar-refractivity contribution in [1.29, 1.82) is 0 Å². The molecule has 0 aliphatic heterocycles. The van der Waals surface area contributed by atoms with Crippen LogP contribution in [0.1, 0.15) is 91.4 Å². The molecule has 0 fully saturated rings. The van der Waals surface area contributed by atoms with Crippen LogP contribution in [0.2, 0.25) is 0 Å². The molecule has 4 heteroatoms. The number of unbranched alkanes of at least 4 members (excludes halogenated alkanes) is 5. The minimum absolute atomic E-state index is 0.0774.